The lowest BCUT2D eigenvalue weighted by molar-refractivity contribution is -0.387. The van der Waals surface area contributed by atoms with Crippen LogP contribution in [0.3, 0.4) is 0 Å². The first-order valence-corrected chi connectivity index (χ1v) is 10.5. The van der Waals surface area contributed by atoms with Crippen LogP contribution in [0.4, 0.5) is 10.1 Å². The number of nitro groups is 1. The smallest absolute Gasteiger partial charge is 0.305 e. The Morgan fingerprint density at radius 1 is 1.36 bits per heavy atom. The summed E-state index contributed by atoms with van der Waals surface area (Å²) in [6, 6.07) is 3.91. The zero-order valence-electron chi connectivity index (χ0n) is 18.5. The molecule has 10 nitrogen and oxygen atoms in total. The van der Waals surface area contributed by atoms with E-state index in [0.717, 1.165) is 18.4 Å². The predicted molar refractivity (Wildman–Crippen MR) is 118 cm³/mol. The van der Waals surface area contributed by atoms with E-state index in [9.17, 15) is 29.5 Å². The Morgan fingerprint density at radius 2 is 2.12 bits per heavy atom. The molecule has 1 unspecified atom stereocenters. The second-order valence-electron chi connectivity index (χ2n) is 8.54. The van der Waals surface area contributed by atoms with Crippen LogP contribution in [0.1, 0.15) is 36.3 Å². The maximum atomic E-state index is 14.3. The lowest BCUT2D eigenvalue weighted by Crippen LogP contribution is -2.29. The van der Waals surface area contributed by atoms with Gasteiger partial charge in [-0.25, -0.2) is 0 Å². The van der Waals surface area contributed by atoms with Gasteiger partial charge in [-0.2, -0.15) is 9.49 Å². The normalized spacial score (nSPS) is 12.9. The van der Waals surface area contributed by atoms with Gasteiger partial charge in [-0.15, -0.1) is 0 Å². The van der Waals surface area contributed by atoms with Crippen LogP contribution in [0.5, 0.6) is 0 Å². The Morgan fingerprint density at radius 3 is 2.76 bits per heavy atom. The molecule has 0 radical (unpaired) electrons. The first-order chi connectivity index (χ1) is 15.7. The molecule has 0 spiro atoms. The largest absolute Gasteiger partial charge is 0.395 e. The van der Waals surface area contributed by atoms with E-state index in [1.54, 1.807) is 35.4 Å². The van der Waals surface area contributed by atoms with Crippen molar-refractivity contribution in [3.8, 4) is 0 Å². The number of benzene rings is 1. The number of aliphatic hydroxyl groups excluding tert-OH is 2. The SMILES string of the molecule is CC(C)(CO)c1cc2cc([N+](=O)[O-])c(F)cc2n1CC(O)COCCCn1cc(C=O)cn1. The van der Waals surface area contributed by atoms with Crippen molar-refractivity contribution in [2.75, 3.05) is 19.8 Å². The number of aryl methyl sites for hydroxylation is 1. The van der Waals surface area contributed by atoms with Crippen molar-refractivity contribution >= 4 is 22.9 Å². The highest BCUT2D eigenvalue weighted by atomic mass is 19.1. The van der Waals surface area contributed by atoms with Gasteiger partial charge in [0.05, 0.1) is 48.1 Å². The van der Waals surface area contributed by atoms with Gasteiger partial charge >= 0.3 is 5.69 Å². The first kappa shape index (κ1) is 24.5. The molecular weight excluding hydrogens is 435 g/mol. The summed E-state index contributed by atoms with van der Waals surface area (Å²) >= 11 is 0. The van der Waals surface area contributed by atoms with Crippen molar-refractivity contribution in [3.63, 3.8) is 0 Å². The number of nitro benzene ring substituents is 1. The summed E-state index contributed by atoms with van der Waals surface area (Å²) in [7, 11) is 0. The van der Waals surface area contributed by atoms with Crippen LogP contribution in [-0.4, -0.2) is 61.7 Å². The van der Waals surface area contributed by atoms with Crippen LogP contribution in [0.15, 0.2) is 30.6 Å². The Bertz CT molecular complexity index is 1140. The van der Waals surface area contributed by atoms with E-state index < -0.39 is 27.9 Å². The van der Waals surface area contributed by atoms with Crippen LogP contribution < -0.4 is 0 Å². The predicted octanol–water partition coefficient (Wildman–Crippen LogP) is 2.44. The van der Waals surface area contributed by atoms with Gasteiger partial charge in [0.25, 0.3) is 0 Å². The van der Waals surface area contributed by atoms with Crippen LogP contribution in [0.2, 0.25) is 0 Å². The van der Waals surface area contributed by atoms with E-state index in [0.29, 0.717) is 41.7 Å². The van der Waals surface area contributed by atoms with E-state index in [1.165, 1.54) is 6.20 Å². The van der Waals surface area contributed by atoms with Gasteiger partial charge in [0.15, 0.2) is 6.29 Å². The monoisotopic (exact) mass is 462 g/mol. The van der Waals surface area contributed by atoms with Crippen LogP contribution in [0.25, 0.3) is 10.9 Å². The molecule has 0 saturated carbocycles. The second-order valence-corrected chi connectivity index (χ2v) is 8.54. The Balaban J connectivity index is 1.69. The summed E-state index contributed by atoms with van der Waals surface area (Å²) in [5.41, 5.74) is 0.138. The fourth-order valence-electron chi connectivity index (χ4n) is 3.62. The summed E-state index contributed by atoms with van der Waals surface area (Å²) in [4.78, 5) is 21.0. The van der Waals surface area contributed by atoms with Gasteiger partial charge < -0.3 is 19.5 Å². The number of carbonyl (C=O) groups excluding carboxylic acids is 1. The number of hydrogen-bond donors (Lipinski definition) is 2. The molecule has 2 heterocycles. The van der Waals surface area contributed by atoms with E-state index in [2.05, 4.69) is 5.10 Å². The third-order valence-electron chi connectivity index (χ3n) is 5.42. The summed E-state index contributed by atoms with van der Waals surface area (Å²) in [5.74, 6) is -0.970. The third kappa shape index (κ3) is 5.62. The number of rotatable bonds is 12. The quantitative estimate of drug-likeness (QED) is 0.183. The summed E-state index contributed by atoms with van der Waals surface area (Å²) < 4.78 is 23.2. The lowest BCUT2D eigenvalue weighted by Gasteiger charge is -2.26. The van der Waals surface area contributed by atoms with Crippen molar-refractivity contribution < 1.29 is 29.1 Å². The molecule has 2 aromatic heterocycles. The molecule has 178 valence electrons. The fourth-order valence-corrected chi connectivity index (χ4v) is 3.62. The van der Waals surface area contributed by atoms with Gasteiger partial charge in [-0.05, 0) is 12.5 Å². The molecule has 3 rings (SSSR count). The molecule has 0 aliphatic rings. The molecule has 0 fully saturated rings. The number of carbonyl (C=O) groups is 1. The minimum absolute atomic E-state index is 0.0207. The summed E-state index contributed by atoms with van der Waals surface area (Å²) in [6.45, 7) is 4.36. The van der Waals surface area contributed by atoms with Crippen molar-refractivity contribution in [1.29, 1.82) is 0 Å². The highest BCUT2D eigenvalue weighted by molar-refractivity contribution is 5.84. The first-order valence-electron chi connectivity index (χ1n) is 10.5. The van der Waals surface area contributed by atoms with Gasteiger partial charge in [-0.1, -0.05) is 13.8 Å². The number of fused-ring (bicyclic) bond motifs is 1. The molecule has 2 N–H and O–H groups in total. The average molecular weight is 462 g/mol. The Hall–Kier alpha value is -3.15. The van der Waals surface area contributed by atoms with Gasteiger partial charge in [-0.3, -0.25) is 19.6 Å². The molecule has 1 atom stereocenters. The fraction of sp³-hybridized carbons (Fsp3) is 0.455. The highest BCUT2D eigenvalue weighted by Gasteiger charge is 2.28. The zero-order chi connectivity index (χ0) is 24.2. The second kappa shape index (κ2) is 10.2. The van der Waals surface area contributed by atoms with Gasteiger partial charge in [0.1, 0.15) is 0 Å². The van der Waals surface area contributed by atoms with E-state index in [-0.39, 0.29) is 19.8 Å². The number of nitrogens with zero attached hydrogens (tertiary/aromatic N) is 4. The number of ether oxygens (including phenoxy) is 1. The molecule has 0 saturated heterocycles. The molecular formula is C22H27FN4O6. The lowest BCUT2D eigenvalue weighted by atomic mass is 9.90. The number of aliphatic hydroxyl groups is 2. The maximum Gasteiger partial charge on any atom is 0.305 e. The van der Waals surface area contributed by atoms with Crippen LogP contribution in [-0.2, 0) is 23.2 Å². The highest BCUT2D eigenvalue weighted by Crippen LogP contribution is 2.33. The van der Waals surface area contributed by atoms with Gasteiger partial charge in [0, 0.05) is 48.0 Å². The van der Waals surface area contributed by atoms with Crippen molar-refractivity contribution in [2.24, 2.45) is 0 Å². The maximum absolute atomic E-state index is 14.3. The van der Waals surface area contributed by atoms with Crippen molar-refractivity contribution in [1.82, 2.24) is 14.3 Å². The van der Waals surface area contributed by atoms with E-state index in [1.807, 2.05) is 0 Å². The Labute approximate surface area is 189 Å². The van der Waals surface area contributed by atoms with Crippen molar-refractivity contribution in [3.05, 3.63) is 57.8 Å². The van der Waals surface area contributed by atoms with E-state index >= 15 is 0 Å². The molecule has 0 aliphatic carbocycles. The zero-order valence-corrected chi connectivity index (χ0v) is 18.5. The minimum Gasteiger partial charge on any atom is -0.395 e. The molecule has 0 amide bonds. The van der Waals surface area contributed by atoms with Crippen LogP contribution >= 0.6 is 0 Å². The summed E-state index contributed by atoms with van der Waals surface area (Å²) in [5, 5.41) is 36.0. The molecule has 0 aliphatic heterocycles. The van der Waals surface area contributed by atoms with Crippen LogP contribution in [0, 0.1) is 15.9 Å². The third-order valence-corrected chi connectivity index (χ3v) is 5.42. The molecule has 0 bridgehead atoms. The topological polar surface area (TPSA) is 133 Å². The number of aromatic nitrogens is 3. The molecule has 1 aromatic carbocycles. The number of halogens is 1. The summed E-state index contributed by atoms with van der Waals surface area (Å²) in [6.07, 6.45) is 3.52. The minimum atomic E-state index is -0.970. The van der Waals surface area contributed by atoms with E-state index in [4.69, 9.17) is 4.74 Å². The van der Waals surface area contributed by atoms with Crippen molar-refractivity contribution in [2.45, 2.75) is 44.9 Å². The van der Waals surface area contributed by atoms with Gasteiger partial charge in [0.2, 0.25) is 5.82 Å². The molecule has 3 aromatic rings. The Kier molecular flexibility index (Phi) is 7.57. The number of aldehydes is 1. The standard InChI is InChI=1S/C22H27FN4O6/c1-22(2,14-29)21-7-16-6-20(27(31)32)18(23)8-19(16)26(21)11-17(30)13-33-5-3-4-25-10-15(12-28)9-24-25/h6-10,12,17,29-30H,3-5,11,13-14H2,1-2H3. The molecule has 33 heavy (non-hydrogen) atoms. The molecule has 11 heteroatoms. The number of hydrogen-bond acceptors (Lipinski definition) is 7. The average Bonchev–Trinajstić information content (AvgIpc) is 3.37.